The van der Waals surface area contributed by atoms with Crippen molar-refractivity contribution in [3.63, 3.8) is 0 Å². The summed E-state index contributed by atoms with van der Waals surface area (Å²) in [5.74, 6) is 0.0500. The molecule has 0 amide bonds. The quantitative estimate of drug-likeness (QED) is 0.520. The molecule has 19 heavy (non-hydrogen) atoms. The van der Waals surface area contributed by atoms with Crippen molar-refractivity contribution in [2.45, 2.75) is 0 Å². The molecule has 0 bridgehead atoms. The van der Waals surface area contributed by atoms with Crippen LogP contribution in [0, 0.1) is 5.82 Å². The van der Waals surface area contributed by atoms with Crippen molar-refractivity contribution in [3.05, 3.63) is 42.2 Å². The number of hydrogen-bond donors (Lipinski definition) is 2. The fraction of sp³-hybridized carbons (Fsp3) is 0.0714. The number of aromatic hydroxyl groups is 1. The molecular weight excluding hydrogens is 245 g/mol. The molecule has 4 nitrogen and oxygen atoms in total. The van der Waals surface area contributed by atoms with Crippen molar-refractivity contribution >= 4 is 16.7 Å². The third-order valence-electron chi connectivity index (χ3n) is 3.17. The van der Waals surface area contributed by atoms with Crippen LogP contribution in [0.3, 0.4) is 0 Å². The molecule has 3 aromatic rings. The summed E-state index contributed by atoms with van der Waals surface area (Å²) in [6, 6.07) is 9.78. The zero-order chi connectivity index (χ0) is 13.6. The molecule has 0 aliphatic rings. The molecule has 0 fully saturated rings. The summed E-state index contributed by atoms with van der Waals surface area (Å²) >= 11 is 0. The van der Waals surface area contributed by atoms with Gasteiger partial charge in [0.2, 0.25) is 0 Å². The highest BCUT2D eigenvalue weighted by atomic mass is 19.1. The monoisotopic (exact) mass is 257 g/mol. The normalized spacial score (nSPS) is 11.1. The Labute approximate surface area is 108 Å². The SMILES string of the molecule is Cn1c(-c2cccc(N)c2O)nc2c(F)cccc21. The predicted molar refractivity (Wildman–Crippen MR) is 72.2 cm³/mol. The van der Waals surface area contributed by atoms with Gasteiger partial charge in [-0.3, -0.25) is 0 Å². The Bertz CT molecular complexity index is 780. The van der Waals surface area contributed by atoms with Gasteiger partial charge in [-0.2, -0.15) is 0 Å². The van der Waals surface area contributed by atoms with Crippen molar-refractivity contribution in [3.8, 4) is 17.1 Å². The summed E-state index contributed by atoms with van der Waals surface area (Å²) in [5.41, 5.74) is 7.37. The van der Waals surface area contributed by atoms with Crippen LogP contribution in [0.4, 0.5) is 10.1 Å². The van der Waals surface area contributed by atoms with Gasteiger partial charge in [0.25, 0.3) is 0 Å². The second-order valence-corrected chi connectivity index (χ2v) is 4.35. The van der Waals surface area contributed by atoms with Gasteiger partial charge in [-0.25, -0.2) is 9.37 Å². The van der Waals surface area contributed by atoms with Crippen LogP contribution in [-0.2, 0) is 7.05 Å². The average Bonchev–Trinajstić information content (AvgIpc) is 2.72. The summed E-state index contributed by atoms with van der Waals surface area (Å²) in [6.07, 6.45) is 0. The molecule has 96 valence electrons. The molecule has 5 heteroatoms. The zero-order valence-corrected chi connectivity index (χ0v) is 10.3. The summed E-state index contributed by atoms with van der Waals surface area (Å²) in [5, 5.41) is 10.00. The standard InChI is InChI=1S/C14H12FN3O/c1-18-11-7-3-5-9(15)12(11)17-14(18)8-4-2-6-10(16)13(8)19/h2-7,19H,16H2,1H3. The first kappa shape index (κ1) is 11.5. The maximum Gasteiger partial charge on any atom is 0.151 e. The maximum atomic E-state index is 13.7. The third kappa shape index (κ3) is 1.62. The summed E-state index contributed by atoms with van der Waals surface area (Å²) < 4.78 is 15.4. The van der Waals surface area contributed by atoms with E-state index in [0.29, 0.717) is 16.9 Å². The minimum Gasteiger partial charge on any atom is -0.505 e. The summed E-state index contributed by atoms with van der Waals surface area (Å²) in [4.78, 5) is 4.26. The average molecular weight is 257 g/mol. The molecule has 0 aliphatic heterocycles. The van der Waals surface area contributed by atoms with Crippen LogP contribution in [0.2, 0.25) is 0 Å². The van der Waals surface area contributed by atoms with Crippen LogP contribution >= 0.6 is 0 Å². The summed E-state index contributed by atoms with van der Waals surface area (Å²) in [7, 11) is 1.77. The van der Waals surface area contributed by atoms with E-state index in [1.165, 1.54) is 6.07 Å². The van der Waals surface area contributed by atoms with Gasteiger partial charge in [-0.05, 0) is 24.3 Å². The lowest BCUT2D eigenvalue weighted by Gasteiger charge is -2.06. The molecular formula is C14H12FN3O. The Kier molecular flexibility index (Phi) is 2.41. The first-order chi connectivity index (χ1) is 9.09. The van der Waals surface area contributed by atoms with Crippen LogP contribution < -0.4 is 5.73 Å². The number of aryl methyl sites for hydroxylation is 1. The predicted octanol–water partition coefficient (Wildman–Crippen LogP) is 2.67. The first-order valence-electron chi connectivity index (χ1n) is 5.78. The van der Waals surface area contributed by atoms with Crippen molar-refractivity contribution in [1.82, 2.24) is 9.55 Å². The molecule has 1 aromatic heterocycles. The lowest BCUT2D eigenvalue weighted by molar-refractivity contribution is 0.479. The van der Waals surface area contributed by atoms with Gasteiger partial charge in [0.05, 0.1) is 16.8 Å². The van der Waals surface area contributed by atoms with Gasteiger partial charge >= 0.3 is 0 Å². The van der Waals surface area contributed by atoms with Gasteiger partial charge in [-0.1, -0.05) is 12.1 Å². The van der Waals surface area contributed by atoms with Gasteiger partial charge in [0.15, 0.2) is 5.82 Å². The molecule has 3 N–H and O–H groups in total. The van der Waals surface area contributed by atoms with Crippen molar-refractivity contribution in [2.24, 2.45) is 7.05 Å². The highest BCUT2D eigenvalue weighted by molar-refractivity contribution is 5.83. The summed E-state index contributed by atoms with van der Waals surface area (Å²) in [6.45, 7) is 0. The topological polar surface area (TPSA) is 64.1 Å². The number of halogens is 1. The molecule has 3 rings (SSSR count). The van der Waals surface area contributed by atoms with E-state index in [9.17, 15) is 9.50 Å². The van der Waals surface area contributed by atoms with E-state index in [1.807, 2.05) is 0 Å². The molecule has 0 atom stereocenters. The molecule has 0 spiro atoms. The smallest absolute Gasteiger partial charge is 0.151 e. The number of phenolic OH excluding ortho intramolecular Hbond substituents is 1. The number of benzene rings is 2. The van der Waals surface area contributed by atoms with E-state index in [0.717, 1.165) is 0 Å². The first-order valence-corrected chi connectivity index (χ1v) is 5.78. The highest BCUT2D eigenvalue weighted by Crippen LogP contribution is 2.34. The van der Waals surface area contributed by atoms with Crippen LogP contribution in [-0.4, -0.2) is 14.7 Å². The zero-order valence-electron chi connectivity index (χ0n) is 10.3. The number of nitrogens with two attached hydrogens (primary N) is 1. The van der Waals surface area contributed by atoms with E-state index in [2.05, 4.69) is 4.98 Å². The van der Waals surface area contributed by atoms with Crippen LogP contribution in [0.15, 0.2) is 36.4 Å². The van der Waals surface area contributed by atoms with Crippen LogP contribution in [0.5, 0.6) is 5.75 Å². The van der Waals surface area contributed by atoms with E-state index < -0.39 is 0 Å². The van der Waals surface area contributed by atoms with Crippen molar-refractivity contribution < 1.29 is 9.50 Å². The fourth-order valence-corrected chi connectivity index (χ4v) is 2.16. The highest BCUT2D eigenvalue weighted by Gasteiger charge is 2.16. The fourth-order valence-electron chi connectivity index (χ4n) is 2.16. The molecule has 2 aromatic carbocycles. The Morgan fingerprint density at radius 1 is 1.21 bits per heavy atom. The maximum absolute atomic E-state index is 13.7. The van der Waals surface area contributed by atoms with E-state index in [-0.39, 0.29) is 22.8 Å². The van der Waals surface area contributed by atoms with E-state index in [4.69, 9.17) is 5.73 Å². The minimum absolute atomic E-state index is 0.0404. The minimum atomic E-state index is -0.386. The van der Waals surface area contributed by atoms with Gasteiger partial charge in [0.1, 0.15) is 17.1 Å². The number of nitrogens with zero attached hydrogens (tertiary/aromatic N) is 2. The number of hydrogen-bond acceptors (Lipinski definition) is 3. The molecule has 0 radical (unpaired) electrons. The Hall–Kier alpha value is -2.56. The second-order valence-electron chi connectivity index (χ2n) is 4.35. The molecule has 0 aliphatic carbocycles. The number of anilines is 1. The van der Waals surface area contributed by atoms with E-state index in [1.54, 1.807) is 41.9 Å². The second kappa shape index (κ2) is 3.98. The van der Waals surface area contributed by atoms with Crippen molar-refractivity contribution in [2.75, 3.05) is 5.73 Å². The number of rotatable bonds is 1. The number of aromatic nitrogens is 2. The Balaban J connectivity index is 2.35. The van der Waals surface area contributed by atoms with Gasteiger partial charge in [0, 0.05) is 7.05 Å². The number of fused-ring (bicyclic) bond motifs is 1. The van der Waals surface area contributed by atoms with Crippen molar-refractivity contribution in [1.29, 1.82) is 0 Å². The Morgan fingerprint density at radius 2 is 1.95 bits per heavy atom. The van der Waals surface area contributed by atoms with E-state index >= 15 is 0 Å². The number of imidazole rings is 1. The van der Waals surface area contributed by atoms with Crippen LogP contribution in [0.1, 0.15) is 0 Å². The largest absolute Gasteiger partial charge is 0.505 e. The van der Waals surface area contributed by atoms with Crippen LogP contribution in [0.25, 0.3) is 22.4 Å². The third-order valence-corrected chi connectivity index (χ3v) is 3.17. The van der Waals surface area contributed by atoms with Gasteiger partial charge < -0.3 is 15.4 Å². The lowest BCUT2D eigenvalue weighted by atomic mass is 10.1. The molecule has 1 heterocycles. The van der Waals surface area contributed by atoms with Gasteiger partial charge in [-0.15, -0.1) is 0 Å². The Morgan fingerprint density at radius 3 is 2.68 bits per heavy atom. The number of nitrogen functional groups attached to an aromatic ring is 1. The molecule has 0 saturated heterocycles. The molecule has 0 unspecified atom stereocenters. The molecule has 0 saturated carbocycles. The number of phenols is 1. The number of para-hydroxylation sites is 2. The lowest BCUT2D eigenvalue weighted by Crippen LogP contribution is -1.94.